The van der Waals surface area contributed by atoms with Crippen LogP contribution < -0.4 is 0 Å². The van der Waals surface area contributed by atoms with Gasteiger partial charge in [-0.3, -0.25) is 4.21 Å². The second-order valence-electron chi connectivity index (χ2n) is 8.55. The lowest BCUT2D eigenvalue weighted by Crippen LogP contribution is -2.51. The maximum absolute atomic E-state index is 12.5. The molecule has 0 heterocycles. The van der Waals surface area contributed by atoms with Crippen LogP contribution in [0.25, 0.3) is 0 Å². The SMILES string of the molecule is C=S(C)(=O)N(C[C@H](CS(C)(=O)=O)O[C@@H](C)C(C)(C)C)C(C)(C)C. The van der Waals surface area contributed by atoms with Crippen molar-refractivity contribution in [2.75, 3.05) is 24.8 Å². The van der Waals surface area contributed by atoms with Crippen molar-refractivity contribution in [1.29, 1.82) is 0 Å². The van der Waals surface area contributed by atoms with Gasteiger partial charge in [0.05, 0.1) is 18.0 Å². The fraction of sp³-hybridized carbons (Fsp3) is 0.938. The highest BCUT2D eigenvalue weighted by Crippen LogP contribution is 2.25. The van der Waals surface area contributed by atoms with Gasteiger partial charge >= 0.3 is 0 Å². The van der Waals surface area contributed by atoms with E-state index in [1.54, 1.807) is 10.6 Å². The van der Waals surface area contributed by atoms with E-state index in [0.717, 1.165) is 0 Å². The summed E-state index contributed by atoms with van der Waals surface area (Å²) in [5.74, 6) is 3.66. The van der Waals surface area contributed by atoms with Crippen LogP contribution in [-0.2, 0) is 24.3 Å². The first-order valence-corrected chi connectivity index (χ1v) is 11.9. The molecular weight excluding hydrogens is 334 g/mol. The molecule has 0 rings (SSSR count). The molecule has 0 saturated carbocycles. The fourth-order valence-corrected chi connectivity index (χ4v) is 4.66. The molecule has 0 N–H and O–H groups in total. The van der Waals surface area contributed by atoms with Crippen LogP contribution in [0.4, 0.5) is 0 Å². The number of hydrogen-bond acceptors (Lipinski definition) is 4. The average Bonchev–Trinajstić information content (AvgIpc) is 2.18. The Balaban J connectivity index is 5.52. The standard InChI is InChI=1S/C16H35NO4S2/c1-13(15(2,3)4)21-14(12-23(10,19)20)11-17(16(5,6)7)22(8,9)18/h13-14H,8,11-12H2,1-7,9-10H3/t13-,14+,22?/m0/s1. The number of hydrogen-bond donors (Lipinski definition) is 0. The highest BCUT2D eigenvalue weighted by atomic mass is 32.2. The number of nitrogens with zero attached hydrogens (tertiary/aromatic N) is 1. The number of ether oxygens (including phenoxy) is 1. The van der Waals surface area contributed by atoms with Gasteiger partial charge in [-0.1, -0.05) is 20.8 Å². The number of sulfone groups is 1. The molecule has 0 aromatic carbocycles. The molecule has 0 aromatic heterocycles. The van der Waals surface area contributed by atoms with E-state index >= 15 is 0 Å². The van der Waals surface area contributed by atoms with Crippen molar-refractivity contribution in [2.24, 2.45) is 5.41 Å². The van der Waals surface area contributed by atoms with Crippen LogP contribution in [0.15, 0.2) is 0 Å². The summed E-state index contributed by atoms with van der Waals surface area (Å²) in [6, 6.07) is 0. The van der Waals surface area contributed by atoms with Gasteiger partial charge in [0.15, 0.2) is 0 Å². The molecule has 0 saturated heterocycles. The Labute approximate surface area is 143 Å². The summed E-state index contributed by atoms with van der Waals surface area (Å²) in [6.07, 6.45) is 2.08. The molecule has 0 aromatic rings. The predicted octanol–water partition coefficient (Wildman–Crippen LogP) is 2.21. The van der Waals surface area contributed by atoms with Crippen molar-refractivity contribution in [3.63, 3.8) is 0 Å². The van der Waals surface area contributed by atoms with Crippen molar-refractivity contribution in [3.8, 4) is 0 Å². The molecule has 0 fully saturated rings. The van der Waals surface area contributed by atoms with E-state index < -0.39 is 31.2 Å². The van der Waals surface area contributed by atoms with Crippen LogP contribution in [-0.4, -0.2) is 65.4 Å². The topological polar surface area (TPSA) is 63.7 Å². The lowest BCUT2D eigenvalue weighted by Gasteiger charge is -2.40. The molecule has 0 aliphatic rings. The van der Waals surface area contributed by atoms with Gasteiger partial charge in [0.2, 0.25) is 0 Å². The van der Waals surface area contributed by atoms with Crippen LogP contribution in [0, 0.1) is 5.41 Å². The van der Waals surface area contributed by atoms with Gasteiger partial charge in [-0.25, -0.2) is 12.7 Å². The zero-order chi connectivity index (χ0) is 18.9. The molecule has 0 amide bonds. The summed E-state index contributed by atoms with van der Waals surface area (Å²) in [7, 11) is -5.70. The molecule has 3 atom stereocenters. The Bertz CT molecular complexity index is 581. The molecule has 0 spiro atoms. The third-order valence-corrected chi connectivity index (χ3v) is 6.30. The first-order chi connectivity index (χ1) is 9.84. The largest absolute Gasteiger partial charge is 0.372 e. The normalized spacial score (nSPS) is 19.4. The maximum atomic E-state index is 12.5. The van der Waals surface area contributed by atoms with E-state index in [1.807, 2.05) is 48.5 Å². The minimum absolute atomic E-state index is 0.102. The van der Waals surface area contributed by atoms with E-state index in [1.165, 1.54) is 6.26 Å². The van der Waals surface area contributed by atoms with Gasteiger partial charge in [0.1, 0.15) is 9.84 Å². The molecule has 5 nitrogen and oxygen atoms in total. The maximum Gasteiger partial charge on any atom is 0.150 e. The van der Waals surface area contributed by atoms with Crippen LogP contribution in [0.3, 0.4) is 0 Å². The summed E-state index contributed by atoms with van der Waals surface area (Å²) in [6.45, 7) is 14.1. The first-order valence-electron chi connectivity index (χ1n) is 7.77. The minimum Gasteiger partial charge on any atom is -0.372 e. The molecule has 140 valence electrons. The molecule has 1 unspecified atom stereocenters. The van der Waals surface area contributed by atoms with Gasteiger partial charge in [-0.05, 0) is 39.0 Å². The molecule has 0 aliphatic heterocycles. The first kappa shape index (κ1) is 22.9. The minimum atomic E-state index is -3.22. The molecule has 7 heteroatoms. The Morgan fingerprint density at radius 1 is 1.04 bits per heavy atom. The van der Waals surface area contributed by atoms with Gasteiger partial charge in [0.25, 0.3) is 0 Å². The second-order valence-corrected chi connectivity index (χ2v) is 13.1. The van der Waals surface area contributed by atoms with Crippen molar-refractivity contribution < 1.29 is 17.4 Å². The molecule has 0 radical (unpaired) electrons. The van der Waals surface area contributed by atoms with Crippen LogP contribution in [0.1, 0.15) is 48.5 Å². The van der Waals surface area contributed by atoms with Crippen molar-refractivity contribution >= 4 is 25.4 Å². The monoisotopic (exact) mass is 369 g/mol. The van der Waals surface area contributed by atoms with Crippen molar-refractivity contribution in [1.82, 2.24) is 4.31 Å². The summed E-state index contributed by atoms with van der Waals surface area (Å²) in [5, 5.41) is 0. The lowest BCUT2D eigenvalue weighted by molar-refractivity contribution is -0.0551. The van der Waals surface area contributed by atoms with E-state index in [2.05, 4.69) is 5.87 Å². The van der Waals surface area contributed by atoms with Gasteiger partial charge in [-0.15, -0.1) is 0 Å². The Kier molecular flexibility index (Phi) is 7.38. The van der Waals surface area contributed by atoms with Gasteiger partial charge in [-0.2, -0.15) is 0 Å². The number of rotatable bonds is 7. The molecule has 0 aliphatic carbocycles. The van der Waals surface area contributed by atoms with Crippen LogP contribution >= 0.6 is 0 Å². The zero-order valence-electron chi connectivity index (χ0n) is 16.2. The van der Waals surface area contributed by atoms with E-state index in [4.69, 9.17) is 4.74 Å². The fourth-order valence-electron chi connectivity index (χ4n) is 2.16. The predicted molar refractivity (Wildman–Crippen MR) is 101 cm³/mol. The third-order valence-electron chi connectivity index (χ3n) is 3.69. The lowest BCUT2D eigenvalue weighted by atomic mass is 9.90. The second kappa shape index (κ2) is 7.42. The van der Waals surface area contributed by atoms with Crippen molar-refractivity contribution in [3.05, 3.63) is 0 Å². The molecule has 23 heavy (non-hydrogen) atoms. The highest BCUT2D eigenvalue weighted by Gasteiger charge is 2.33. The Morgan fingerprint density at radius 3 is 1.74 bits per heavy atom. The van der Waals surface area contributed by atoms with Crippen LogP contribution in [0.2, 0.25) is 0 Å². The van der Waals surface area contributed by atoms with Gasteiger partial charge < -0.3 is 4.74 Å². The summed E-state index contributed by atoms with van der Waals surface area (Å²) >= 11 is 0. The summed E-state index contributed by atoms with van der Waals surface area (Å²) < 4.78 is 43.8. The summed E-state index contributed by atoms with van der Waals surface area (Å²) in [5.41, 5.74) is -0.516. The molecule has 0 bridgehead atoms. The Hall–Kier alpha value is -0.110. The third kappa shape index (κ3) is 9.08. The van der Waals surface area contributed by atoms with E-state index in [0.29, 0.717) is 0 Å². The Morgan fingerprint density at radius 2 is 1.48 bits per heavy atom. The van der Waals surface area contributed by atoms with Gasteiger partial charge in [0, 0.05) is 34.3 Å². The highest BCUT2D eigenvalue weighted by molar-refractivity contribution is 7.97. The molecular formula is C16H35NO4S2. The zero-order valence-corrected chi connectivity index (χ0v) is 17.8. The van der Waals surface area contributed by atoms with E-state index in [9.17, 15) is 12.6 Å². The quantitative estimate of drug-likeness (QED) is 0.646. The average molecular weight is 370 g/mol. The van der Waals surface area contributed by atoms with Crippen LogP contribution in [0.5, 0.6) is 0 Å². The smallest absolute Gasteiger partial charge is 0.150 e. The summed E-state index contributed by atoms with van der Waals surface area (Å²) in [4.78, 5) is 0. The van der Waals surface area contributed by atoms with Crippen molar-refractivity contribution in [2.45, 2.75) is 66.2 Å². The van der Waals surface area contributed by atoms with E-state index in [-0.39, 0.29) is 23.8 Å².